The van der Waals surface area contributed by atoms with E-state index in [9.17, 15) is 33.6 Å². The van der Waals surface area contributed by atoms with Gasteiger partial charge in [0.05, 0.1) is 31.4 Å². The number of nitrogens with zero attached hydrogens (tertiary/aromatic N) is 5. The number of carbonyl (C=O) groups is 7. The van der Waals surface area contributed by atoms with Gasteiger partial charge in [0.25, 0.3) is 11.8 Å². The first kappa shape index (κ1) is 35.8. The van der Waals surface area contributed by atoms with Crippen molar-refractivity contribution in [2.45, 2.75) is 109 Å². The highest BCUT2D eigenvalue weighted by Gasteiger charge is 2.63. The number of hydrogen-bond acceptors (Lipinski definition) is 10. The maximum atomic E-state index is 14.6. The summed E-state index contributed by atoms with van der Waals surface area (Å²) in [6, 6.07) is -3.73. The minimum atomic E-state index is -1.13. The van der Waals surface area contributed by atoms with Gasteiger partial charge in [-0.15, -0.1) is 0 Å². The fraction of sp³-hybridized carbons (Fsp3) is 0.667. The fourth-order valence-electron chi connectivity index (χ4n) is 7.09. The van der Waals surface area contributed by atoms with Crippen LogP contribution in [-0.2, 0) is 28.8 Å². The average Bonchev–Trinajstić information content (AvgIpc) is 3.50. The maximum absolute atomic E-state index is 14.6. The van der Waals surface area contributed by atoms with Crippen molar-refractivity contribution in [3.05, 3.63) is 24.3 Å². The minimum absolute atomic E-state index is 0.00306. The molecule has 3 unspecified atom stereocenters. The third-order valence-electron chi connectivity index (χ3n) is 9.90. The second-order valence-corrected chi connectivity index (χ2v) is 14.5. The third-order valence-corrected chi connectivity index (χ3v) is 9.90. The van der Waals surface area contributed by atoms with Gasteiger partial charge < -0.3 is 31.1 Å². The summed E-state index contributed by atoms with van der Waals surface area (Å²) in [7, 11) is 1.68. The molecule has 1 aliphatic carbocycles. The summed E-state index contributed by atoms with van der Waals surface area (Å²) >= 11 is 0. The number of likely N-dealkylation sites (N-methyl/N-ethyl adjacent to an activating group) is 1. The van der Waals surface area contributed by atoms with Crippen molar-refractivity contribution in [1.29, 1.82) is 0 Å². The zero-order valence-corrected chi connectivity index (χ0v) is 28.8. The Morgan fingerprint density at radius 3 is 2.43 bits per heavy atom. The van der Waals surface area contributed by atoms with E-state index in [1.165, 1.54) is 23.5 Å². The Morgan fingerprint density at radius 1 is 1.06 bits per heavy atom. The largest absolute Gasteiger partial charge is 0.347 e. The summed E-state index contributed by atoms with van der Waals surface area (Å²) in [4.78, 5) is 106. The first-order valence-corrected chi connectivity index (χ1v) is 17.0. The molecule has 4 N–H and O–H groups in total. The van der Waals surface area contributed by atoms with E-state index in [0.29, 0.717) is 19.4 Å². The van der Waals surface area contributed by atoms with E-state index in [0.717, 1.165) is 19.3 Å². The van der Waals surface area contributed by atoms with Crippen LogP contribution in [0.3, 0.4) is 0 Å². The first-order valence-electron chi connectivity index (χ1n) is 17.0. The van der Waals surface area contributed by atoms with Crippen LogP contribution in [0, 0.1) is 5.41 Å². The molecule has 3 saturated heterocycles. The van der Waals surface area contributed by atoms with Gasteiger partial charge in [0.1, 0.15) is 23.4 Å². The van der Waals surface area contributed by atoms with Gasteiger partial charge in [-0.3, -0.25) is 43.4 Å². The predicted octanol–water partition coefficient (Wildman–Crippen LogP) is -0.896. The van der Waals surface area contributed by atoms with Crippen LogP contribution in [-0.4, -0.2) is 128 Å². The lowest BCUT2D eigenvalue weighted by atomic mass is 9.85. The molecule has 3 aliphatic heterocycles. The van der Waals surface area contributed by atoms with Gasteiger partial charge in [-0.05, 0) is 37.5 Å². The molecular weight excluding hydrogens is 634 g/mol. The SMILES string of the molecule is CCCC(NC(=O)[C@@H]1CC2(CN1C(=O)[C@@H](NC(=O)CNC(=O)c1cnccn1)C(C)(C)C)N(C)C(=O)C1CCCN12)C(=O)C(=O)NC1CC1. The van der Waals surface area contributed by atoms with E-state index < -0.39 is 71.1 Å². The second-order valence-electron chi connectivity index (χ2n) is 14.5. The lowest BCUT2D eigenvalue weighted by Gasteiger charge is -2.39. The van der Waals surface area contributed by atoms with Crippen LogP contribution in [0.25, 0.3) is 0 Å². The van der Waals surface area contributed by atoms with Crippen molar-refractivity contribution in [3.8, 4) is 0 Å². The molecule has 16 heteroatoms. The van der Waals surface area contributed by atoms with Crippen molar-refractivity contribution in [2.75, 3.05) is 26.7 Å². The molecule has 6 amide bonds. The van der Waals surface area contributed by atoms with E-state index >= 15 is 0 Å². The van der Waals surface area contributed by atoms with Crippen LogP contribution in [0.5, 0.6) is 0 Å². The topological polar surface area (TPSA) is 203 Å². The fourth-order valence-corrected chi connectivity index (χ4v) is 7.09. The molecule has 266 valence electrons. The number of hydrogen-bond donors (Lipinski definition) is 4. The quantitative estimate of drug-likeness (QED) is 0.200. The van der Waals surface area contributed by atoms with Crippen molar-refractivity contribution < 1.29 is 33.6 Å². The molecule has 4 heterocycles. The van der Waals surface area contributed by atoms with Gasteiger partial charge >= 0.3 is 0 Å². The van der Waals surface area contributed by atoms with Crippen LogP contribution in [0.4, 0.5) is 0 Å². The Hall–Kier alpha value is -4.47. The highest BCUT2D eigenvalue weighted by Crippen LogP contribution is 2.45. The Bertz CT molecular complexity index is 1490. The van der Waals surface area contributed by atoms with Gasteiger partial charge in [-0.1, -0.05) is 34.1 Å². The summed E-state index contributed by atoms with van der Waals surface area (Å²) in [5, 5.41) is 10.7. The lowest BCUT2D eigenvalue weighted by Crippen LogP contribution is -2.60. The zero-order valence-electron chi connectivity index (χ0n) is 28.8. The highest BCUT2D eigenvalue weighted by molar-refractivity contribution is 6.38. The van der Waals surface area contributed by atoms with E-state index in [1.807, 2.05) is 6.92 Å². The molecule has 5 atom stereocenters. The van der Waals surface area contributed by atoms with Crippen molar-refractivity contribution in [3.63, 3.8) is 0 Å². The standard InChI is InChI=1S/C33H47N9O7/c1-6-8-20(25(44)29(47)37-19-10-11-19)38-28(46)23-15-33(40(5)30(48)22-9-7-14-42(22)33)18-41(23)31(49)26(32(2,3)4)39-24(43)17-36-27(45)21-16-34-12-13-35-21/h12-13,16,19-20,22-23,26H,6-11,14-15,17-18H2,1-5H3,(H,36,45)(H,37,47)(H,38,46)(H,39,43)/t20?,22?,23-,26+,33?/m0/s1. The number of aromatic nitrogens is 2. The molecule has 0 bridgehead atoms. The third kappa shape index (κ3) is 7.43. The zero-order chi connectivity index (χ0) is 35.7. The molecule has 1 aromatic rings. The van der Waals surface area contributed by atoms with E-state index in [1.54, 1.807) is 32.7 Å². The molecule has 4 fully saturated rings. The average molecular weight is 682 g/mol. The maximum Gasteiger partial charge on any atom is 0.289 e. The number of Topliss-reactive ketones (excluding diaryl/α,β-unsaturated/α-hetero) is 1. The molecule has 5 rings (SSSR count). The molecule has 1 saturated carbocycles. The monoisotopic (exact) mass is 681 g/mol. The number of nitrogens with one attached hydrogen (secondary N) is 4. The predicted molar refractivity (Wildman–Crippen MR) is 174 cm³/mol. The summed E-state index contributed by atoms with van der Waals surface area (Å²) in [6.07, 6.45) is 7.91. The summed E-state index contributed by atoms with van der Waals surface area (Å²) < 4.78 is 0. The number of likely N-dealkylation sites (tertiary alicyclic amines) is 1. The highest BCUT2D eigenvalue weighted by atomic mass is 16.2. The normalized spacial score (nSPS) is 24.7. The van der Waals surface area contributed by atoms with E-state index in [2.05, 4.69) is 36.1 Å². The van der Waals surface area contributed by atoms with Crippen molar-refractivity contribution in [1.82, 2.24) is 45.9 Å². The van der Waals surface area contributed by atoms with Gasteiger partial charge in [-0.25, -0.2) is 4.98 Å². The number of amides is 6. The van der Waals surface area contributed by atoms with Gasteiger partial charge in [-0.2, -0.15) is 0 Å². The molecule has 49 heavy (non-hydrogen) atoms. The second kappa shape index (κ2) is 14.2. The van der Waals surface area contributed by atoms with Crippen LogP contribution in [0.15, 0.2) is 18.6 Å². The molecule has 1 spiro atoms. The smallest absolute Gasteiger partial charge is 0.289 e. The Labute approximate surface area is 285 Å². The minimum Gasteiger partial charge on any atom is -0.347 e. The summed E-state index contributed by atoms with van der Waals surface area (Å²) in [5.74, 6) is -3.99. The lowest BCUT2D eigenvalue weighted by molar-refractivity contribution is -0.145. The van der Waals surface area contributed by atoms with Crippen LogP contribution >= 0.6 is 0 Å². The number of rotatable bonds is 12. The van der Waals surface area contributed by atoms with Gasteiger partial charge in [0.2, 0.25) is 29.4 Å². The van der Waals surface area contributed by atoms with Crippen LogP contribution < -0.4 is 21.3 Å². The van der Waals surface area contributed by atoms with E-state index in [-0.39, 0.29) is 43.1 Å². The Kier molecular flexibility index (Phi) is 10.4. The van der Waals surface area contributed by atoms with Crippen LogP contribution in [0.2, 0.25) is 0 Å². The first-order chi connectivity index (χ1) is 23.2. The van der Waals surface area contributed by atoms with Gasteiger partial charge in [0.15, 0.2) is 0 Å². The van der Waals surface area contributed by atoms with E-state index in [4.69, 9.17) is 0 Å². The Morgan fingerprint density at radius 2 is 1.80 bits per heavy atom. The molecule has 0 radical (unpaired) electrons. The van der Waals surface area contributed by atoms with Crippen molar-refractivity contribution >= 4 is 41.2 Å². The molecule has 16 nitrogen and oxygen atoms in total. The van der Waals surface area contributed by atoms with Gasteiger partial charge in [0, 0.05) is 38.4 Å². The number of fused-ring (bicyclic) bond motifs is 2. The van der Waals surface area contributed by atoms with Crippen molar-refractivity contribution in [2.24, 2.45) is 5.41 Å². The molecule has 4 aliphatic rings. The molecule has 0 aromatic carbocycles. The number of ketones is 1. The molecule has 1 aromatic heterocycles. The Balaban J connectivity index is 1.39. The summed E-state index contributed by atoms with van der Waals surface area (Å²) in [6.45, 7) is 7.31. The van der Waals surface area contributed by atoms with Crippen LogP contribution in [0.1, 0.15) is 83.1 Å². The molecular formula is C33H47N9O7. The summed E-state index contributed by atoms with van der Waals surface area (Å²) in [5.41, 5.74) is -1.79. The number of carbonyl (C=O) groups excluding carboxylic acids is 7.